The minimum Gasteiger partial charge on any atom is -0.311 e. The third-order valence-corrected chi connectivity index (χ3v) is 7.73. The number of hydrogen-bond acceptors (Lipinski definition) is 4. The maximum absolute atomic E-state index is 13.3. The summed E-state index contributed by atoms with van der Waals surface area (Å²) in [5.74, 6) is 0.234. The molecular weight excluding hydrogens is 297 g/mol. The van der Waals surface area contributed by atoms with Crippen LogP contribution in [0.5, 0.6) is 0 Å². The highest BCUT2D eigenvalue weighted by molar-refractivity contribution is 7.55. The van der Waals surface area contributed by atoms with Gasteiger partial charge in [0.05, 0.1) is 0 Å². The summed E-state index contributed by atoms with van der Waals surface area (Å²) in [4.78, 5) is 0. The minimum absolute atomic E-state index is 0.0837. The van der Waals surface area contributed by atoms with E-state index in [-0.39, 0.29) is 12.0 Å². The van der Waals surface area contributed by atoms with Crippen LogP contribution in [0.1, 0.15) is 51.1 Å². The van der Waals surface area contributed by atoms with E-state index in [4.69, 9.17) is 9.05 Å². The molecule has 124 valence electrons. The summed E-state index contributed by atoms with van der Waals surface area (Å²) in [7, 11) is -0.252. The maximum Gasteiger partial charge on any atom is 0.350 e. The molecule has 0 heterocycles. The van der Waals surface area contributed by atoms with Gasteiger partial charge in [-0.3, -0.25) is 9.88 Å². The van der Waals surface area contributed by atoms with Crippen LogP contribution in [0.3, 0.4) is 0 Å². The molecule has 22 heavy (non-hydrogen) atoms. The highest BCUT2D eigenvalue weighted by Crippen LogP contribution is 2.65. The van der Waals surface area contributed by atoms with E-state index in [1.807, 2.05) is 18.2 Å². The van der Waals surface area contributed by atoms with Gasteiger partial charge in [-0.2, -0.15) is 0 Å². The zero-order valence-electron chi connectivity index (χ0n) is 14.0. The Labute approximate surface area is 134 Å². The molecule has 1 aromatic carbocycles. The van der Waals surface area contributed by atoms with Gasteiger partial charge in [-0.1, -0.05) is 50.1 Å². The molecule has 0 spiro atoms. The second-order valence-electron chi connectivity index (χ2n) is 6.21. The van der Waals surface area contributed by atoms with E-state index in [0.29, 0.717) is 0 Å². The molecule has 0 bridgehead atoms. The molecular formula is C17H28NO3P. The Kier molecular flexibility index (Phi) is 5.84. The summed E-state index contributed by atoms with van der Waals surface area (Å²) in [6.07, 6.45) is 4.04. The lowest BCUT2D eigenvalue weighted by molar-refractivity contribution is 0.151. The van der Waals surface area contributed by atoms with Gasteiger partial charge in [0.15, 0.2) is 0 Å². The monoisotopic (exact) mass is 325 g/mol. The highest BCUT2D eigenvalue weighted by Gasteiger charge is 2.54. The maximum atomic E-state index is 13.3. The zero-order valence-corrected chi connectivity index (χ0v) is 14.9. The molecule has 5 heteroatoms. The second-order valence-corrected chi connectivity index (χ2v) is 8.73. The van der Waals surface area contributed by atoms with E-state index in [2.05, 4.69) is 31.3 Å². The average molecular weight is 325 g/mol. The largest absolute Gasteiger partial charge is 0.350 e. The van der Waals surface area contributed by atoms with Crippen LogP contribution < -0.4 is 5.32 Å². The first kappa shape index (κ1) is 17.7. The smallest absolute Gasteiger partial charge is 0.311 e. The fraction of sp³-hybridized carbons (Fsp3) is 0.647. The van der Waals surface area contributed by atoms with Crippen molar-refractivity contribution < 1.29 is 13.6 Å². The number of rotatable bonds is 6. The Balaban J connectivity index is 2.35. The molecule has 1 N–H and O–H groups in total. The van der Waals surface area contributed by atoms with E-state index in [0.717, 1.165) is 25.7 Å². The summed E-state index contributed by atoms with van der Waals surface area (Å²) < 4.78 is 24.1. The highest BCUT2D eigenvalue weighted by atomic mass is 31.2. The molecule has 4 nitrogen and oxygen atoms in total. The van der Waals surface area contributed by atoms with Gasteiger partial charge in [0, 0.05) is 20.3 Å². The van der Waals surface area contributed by atoms with Crippen LogP contribution in [0.2, 0.25) is 0 Å². The van der Waals surface area contributed by atoms with Gasteiger partial charge in [0.1, 0.15) is 5.28 Å². The molecule has 0 aliphatic heterocycles. The molecule has 1 unspecified atom stereocenters. The van der Waals surface area contributed by atoms with Crippen molar-refractivity contribution in [1.29, 1.82) is 0 Å². The van der Waals surface area contributed by atoms with Crippen molar-refractivity contribution in [3.8, 4) is 0 Å². The molecule has 0 radical (unpaired) electrons. The molecule has 1 aliphatic carbocycles. The van der Waals surface area contributed by atoms with E-state index >= 15 is 0 Å². The van der Waals surface area contributed by atoms with Gasteiger partial charge in [0.25, 0.3) is 0 Å². The fourth-order valence-corrected chi connectivity index (χ4v) is 5.88. The lowest BCUT2D eigenvalue weighted by Crippen LogP contribution is -2.53. The van der Waals surface area contributed by atoms with Crippen LogP contribution in [0.4, 0.5) is 0 Å². The van der Waals surface area contributed by atoms with E-state index in [1.165, 1.54) is 19.8 Å². The predicted octanol–water partition coefficient (Wildman–Crippen LogP) is 4.73. The third kappa shape index (κ3) is 3.16. The SMILES string of the molecule is COP(=O)(OC)[C@@]1(NC(C)c2ccccc2)CCCC[C@@H]1C. The molecule has 3 atom stereocenters. The number of nitrogens with one attached hydrogen (secondary N) is 1. The standard InChI is InChI=1S/C17H28NO3P/c1-14-10-8-9-13-17(14,22(19,20-3)21-4)18-15(2)16-11-6-5-7-12-16/h5-7,11-12,14-15,18H,8-10,13H2,1-4H3/t14-,15?,17-/m0/s1. The van der Waals surface area contributed by atoms with Crippen molar-refractivity contribution in [3.63, 3.8) is 0 Å². The molecule has 1 saturated carbocycles. The summed E-state index contributed by atoms with van der Waals surface area (Å²) in [6, 6.07) is 10.3. The minimum atomic E-state index is -3.23. The van der Waals surface area contributed by atoms with E-state index < -0.39 is 12.9 Å². The lowest BCUT2D eigenvalue weighted by atomic mass is 9.84. The summed E-state index contributed by atoms with van der Waals surface area (Å²) in [5, 5.41) is 3.01. The Bertz CT molecular complexity index is 514. The van der Waals surface area contributed by atoms with Crippen LogP contribution in [0, 0.1) is 5.92 Å². The number of benzene rings is 1. The van der Waals surface area contributed by atoms with Gasteiger partial charge in [-0.25, -0.2) is 0 Å². The van der Waals surface area contributed by atoms with Crippen LogP contribution in [0.15, 0.2) is 30.3 Å². The van der Waals surface area contributed by atoms with Crippen LogP contribution in [-0.2, 0) is 13.6 Å². The Morgan fingerprint density at radius 2 is 1.86 bits per heavy atom. The van der Waals surface area contributed by atoms with Gasteiger partial charge < -0.3 is 9.05 Å². The zero-order chi connectivity index (χ0) is 16.2. The van der Waals surface area contributed by atoms with Crippen LogP contribution >= 0.6 is 7.60 Å². The molecule has 0 saturated heterocycles. The topological polar surface area (TPSA) is 47.6 Å². The third-order valence-electron chi connectivity index (χ3n) is 5.00. The summed E-state index contributed by atoms with van der Waals surface area (Å²) >= 11 is 0. The second kappa shape index (κ2) is 7.27. The van der Waals surface area contributed by atoms with Crippen molar-refractivity contribution in [3.05, 3.63) is 35.9 Å². The van der Waals surface area contributed by atoms with Crippen molar-refractivity contribution in [2.75, 3.05) is 14.2 Å². The van der Waals surface area contributed by atoms with Gasteiger partial charge in [-0.15, -0.1) is 0 Å². The molecule has 0 aromatic heterocycles. The number of hydrogen-bond donors (Lipinski definition) is 1. The first-order chi connectivity index (χ1) is 10.5. The van der Waals surface area contributed by atoms with Crippen molar-refractivity contribution >= 4 is 7.60 Å². The normalized spacial score (nSPS) is 27.5. The first-order valence-electron chi connectivity index (χ1n) is 8.03. The van der Waals surface area contributed by atoms with Crippen LogP contribution in [-0.4, -0.2) is 19.5 Å². The Morgan fingerprint density at radius 1 is 1.23 bits per heavy atom. The molecule has 2 rings (SSSR count). The fourth-order valence-electron chi connectivity index (χ4n) is 3.63. The van der Waals surface area contributed by atoms with Crippen molar-refractivity contribution in [2.45, 2.75) is 50.9 Å². The Morgan fingerprint density at radius 3 is 2.41 bits per heavy atom. The molecule has 1 aliphatic rings. The van der Waals surface area contributed by atoms with E-state index in [1.54, 1.807) is 0 Å². The molecule has 1 aromatic rings. The molecule has 1 fully saturated rings. The van der Waals surface area contributed by atoms with Crippen molar-refractivity contribution in [1.82, 2.24) is 5.32 Å². The van der Waals surface area contributed by atoms with Crippen molar-refractivity contribution in [2.24, 2.45) is 5.92 Å². The summed E-state index contributed by atoms with van der Waals surface area (Å²) in [5.41, 5.74) is 1.18. The van der Waals surface area contributed by atoms with Crippen LogP contribution in [0.25, 0.3) is 0 Å². The average Bonchev–Trinajstić information content (AvgIpc) is 2.57. The van der Waals surface area contributed by atoms with Gasteiger partial charge in [0.2, 0.25) is 0 Å². The first-order valence-corrected chi connectivity index (χ1v) is 9.57. The van der Waals surface area contributed by atoms with Gasteiger partial charge in [-0.05, 0) is 31.2 Å². The van der Waals surface area contributed by atoms with E-state index in [9.17, 15) is 4.57 Å². The summed E-state index contributed by atoms with van der Waals surface area (Å²) in [6.45, 7) is 4.25. The molecule has 0 amide bonds. The predicted molar refractivity (Wildman–Crippen MR) is 90.0 cm³/mol. The Hall–Kier alpha value is -0.670. The lowest BCUT2D eigenvalue weighted by Gasteiger charge is -2.47. The quantitative estimate of drug-likeness (QED) is 0.768. The van der Waals surface area contributed by atoms with Gasteiger partial charge >= 0.3 is 7.60 Å².